The zero-order chi connectivity index (χ0) is 15.5. The molecule has 0 aromatic carbocycles. The molecule has 6 nitrogen and oxygen atoms in total. The van der Waals surface area contributed by atoms with Crippen LogP contribution in [0.5, 0.6) is 0 Å². The third-order valence-electron chi connectivity index (χ3n) is 5.21. The van der Waals surface area contributed by atoms with E-state index in [-0.39, 0.29) is 18.1 Å². The molecule has 3 fully saturated rings. The lowest BCUT2D eigenvalue weighted by molar-refractivity contribution is -0.144. The Morgan fingerprint density at radius 1 is 1.18 bits per heavy atom. The van der Waals surface area contributed by atoms with Gasteiger partial charge in [-0.2, -0.15) is 0 Å². The van der Waals surface area contributed by atoms with Crippen molar-refractivity contribution in [1.29, 1.82) is 0 Å². The second kappa shape index (κ2) is 7.25. The van der Waals surface area contributed by atoms with Gasteiger partial charge in [0.05, 0.1) is 18.8 Å². The normalized spacial score (nSPS) is 35.0. The maximum Gasteiger partial charge on any atom is 0.251 e. The predicted octanol–water partition coefficient (Wildman–Crippen LogP) is 0.204. The molecule has 3 aliphatic heterocycles. The maximum absolute atomic E-state index is 12.5. The number of carbonyl (C=O) groups excluding carboxylic acids is 1. The summed E-state index contributed by atoms with van der Waals surface area (Å²) in [6.45, 7) is 7.22. The number of ether oxygens (including phenoxy) is 2. The molecule has 0 aromatic rings. The van der Waals surface area contributed by atoms with Crippen molar-refractivity contribution in [3.63, 3.8) is 0 Å². The second-order valence-corrected chi connectivity index (χ2v) is 6.79. The van der Waals surface area contributed by atoms with Crippen LogP contribution in [0, 0.1) is 0 Å². The number of nitrogens with zero attached hydrogens (tertiary/aromatic N) is 2. The molecule has 3 saturated heterocycles. The molecular weight excluding hydrogens is 282 g/mol. The highest BCUT2D eigenvalue weighted by Gasteiger charge is 2.35. The number of carbonyl (C=O) groups is 1. The number of rotatable bonds is 3. The monoisotopic (exact) mass is 311 g/mol. The van der Waals surface area contributed by atoms with E-state index in [2.05, 4.69) is 11.8 Å². The van der Waals surface area contributed by atoms with Crippen molar-refractivity contribution >= 4 is 5.91 Å². The van der Waals surface area contributed by atoms with Gasteiger partial charge < -0.3 is 20.1 Å². The summed E-state index contributed by atoms with van der Waals surface area (Å²) < 4.78 is 11.4. The number of likely N-dealkylation sites (tertiary alicyclic amines) is 1. The molecule has 3 aliphatic rings. The van der Waals surface area contributed by atoms with Crippen LogP contribution >= 0.6 is 0 Å². The lowest BCUT2D eigenvalue weighted by Crippen LogP contribution is -2.53. The molecule has 1 unspecified atom stereocenters. The SMILES string of the molecule is CC1CN(C2CCN(C(=O)[C@@H]3CC[C@H](CN)O3)CC2)CCO1. The summed E-state index contributed by atoms with van der Waals surface area (Å²) in [5, 5.41) is 0. The van der Waals surface area contributed by atoms with Crippen molar-refractivity contribution in [2.75, 3.05) is 39.3 Å². The highest BCUT2D eigenvalue weighted by atomic mass is 16.5. The summed E-state index contributed by atoms with van der Waals surface area (Å²) in [5.41, 5.74) is 5.62. The summed E-state index contributed by atoms with van der Waals surface area (Å²) in [6.07, 6.45) is 4.00. The standard InChI is InChI=1S/C16H29N3O3/c1-12-11-19(8-9-21-12)13-4-6-18(7-5-13)16(20)15-3-2-14(10-17)22-15/h12-15H,2-11,17H2,1H3/t12?,14-,15+/m1/s1. The fraction of sp³-hybridized carbons (Fsp3) is 0.938. The summed E-state index contributed by atoms with van der Waals surface area (Å²) in [5.74, 6) is 0.171. The van der Waals surface area contributed by atoms with E-state index in [1.165, 1.54) is 0 Å². The van der Waals surface area contributed by atoms with Crippen molar-refractivity contribution in [3.05, 3.63) is 0 Å². The maximum atomic E-state index is 12.5. The van der Waals surface area contributed by atoms with Crippen molar-refractivity contribution in [3.8, 4) is 0 Å². The topological polar surface area (TPSA) is 68.0 Å². The van der Waals surface area contributed by atoms with Crippen molar-refractivity contribution in [2.24, 2.45) is 5.73 Å². The van der Waals surface area contributed by atoms with Crippen LogP contribution in [-0.2, 0) is 14.3 Å². The smallest absolute Gasteiger partial charge is 0.251 e. The molecule has 126 valence electrons. The zero-order valence-corrected chi connectivity index (χ0v) is 13.6. The molecule has 0 radical (unpaired) electrons. The lowest BCUT2D eigenvalue weighted by atomic mass is 10.0. The Balaban J connectivity index is 1.46. The van der Waals surface area contributed by atoms with E-state index in [0.717, 1.165) is 58.5 Å². The van der Waals surface area contributed by atoms with E-state index in [0.29, 0.717) is 18.7 Å². The molecule has 0 aromatic heterocycles. The minimum absolute atomic E-state index is 0.0707. The molecule has 3 rings (SSSR count). The Morgan fingerprint density at radius 3 is 2.59 bits per heavy atom. The molecular formula is C16H29N3O3. The first kappa shape index (κ1) is 16.2. The average Bonchev–Trinajstić information content (AvgIpc) is 3.03. The summed E-state index contributed by atoms with van der Waals surface area (Å²) in [4.78, 5) is 17.0. The minimum Gasteiger partial charge on any atom is -0.376 e. The van der Waals surface area contributed by atoms with Gasteiger partial charge in [0.1, 0.15) is 6.10 Å². The Labute approximate surface area is 132 Å². The molecule has 3 heterocycles. The quantitative estimate of drug-likeness (QED) is 0.807. The Hall–Kier alpha value is -0.690. The molecule has 2 N–H and O–H groups in total. The van der Waals surface area contributed by atoms with Gasteiger partial charge in [0.25, 0.3) is 5.91 Å². The lowest BCUT2D eigenvalue weighted by Gasteiger charge is -2.42. The Bertz CT molecular complexity index is 385. The molecule has 3 atom stereocenters. The van der Waals surface area contributed by atoms with Crippen LogP contribution in [0.25, 0.3) is 0 Å². The van der Waals surface area contributed by atoms with Crippen LogP contribution in [0.1, 0.15) is 32.6 Å². The molecule has 0 spiro atoms. The predicted molar refractivity (Wildman–Crippen MR) is 83.5 cm³/mol. The second-order valence-electron chi connectivity index (χ2n) is 6.79. The van der Waals surface area contributed by atoms with Gasteiger partial charge >= 0.3 is 0 Å². The largest absolute Gasteiger partial charge is 0.376 e. The fourth-order valence-electron chi connectivity index (χ4n) is 3.89. The Kier molecular flexibility index (Phi) is 5.33. The first-order valence-corrected chi connectivity index (χ1v) is 8.67. The average molecular weight is 311 g/mol. The van der Waals surface area contributed by atoms with Gasteiger partial charge in [-0.15, -0.1) is 0 Å². The highest BCUT2D eigenvalue weighted by molar-refractivity contribution is 5.81. The molecule has 0 aliphatic carbocycles. The van der Waals surface area contributed by atoms with Crippen LogP contribution in [0.4, 0.5) is 0 Å². The van der Waals surface area contributed by atoms with Gasteiger partial charge in [0.15, 0.2) is 0 Å². The number of amides is 1. The third-order valence-corrected chi connectivity index (χ3v) is 5.21. The fourth-order valence-corrected chi connectivity index (χ4v) is 3.89. The van der Waals surface area contributed by atoms with Crippen LogP contribution in [-0.4, -0.2) is 79.4 Å². The number of morpholine rings is 1. The highest BCUT2D eigenvalue weighted by Crippen LogP contribution is 2.24. The van der Waals surface area contributed by atoms with Crippen LogP contribution < -0.4 is 5.73 Å². The van der Waals surface area contributed by atoms with Crippen LogP contribution in [0.15, 0.2) is 0 Å². The van der Waals surface area contributed by atoms with Crippen molar-refractivity contribution in [2.45, 2.75) is 57.0 Å². The van der Waals surface area contributed by atoms with Crippen LogP contribution in [0.3, 0.4) is 0 Å². The van der Waals surface area contributed by atoms with E-state index in [9.17, 15) is 4.79 Å². The summed E-state index contributed by atoms with van der Waals surface area (Å²) in [6, 6.07) is 0.594. The van der Waals surface area contributed by atoms with E-state index in [1.54, 1.807) is 0 Å². The number of hydrogen-bond acceptors (Lipinski definition) is 5. The van der Waals surface area contributed by atoms with Crippen molar-refractivity contribution in [1.82, 2.24) is 9.80 Å². The minimum atomic E-state index is -0.256. The van der Waals surface area contributed by atoms with Crippen molar-refractivity contribution < 1.29 is 14.3 Å². The number of nitrogens with two attached hydrogens (primary N) is 1. The third kappa shape index (κ3) is 3.62. The van der Waals surface area contributed by atoms with Crippen LogP contribution in [0.2, 0.25) is 0 Å². The van der Waals surface area contributed by atoms with E-state index in [1.807, 2.05) is 4.90 Å². The van der Waals surface area contributed by atoms with E-state index < -0.39 is 0 Å². The van der Waals surface area contributed by atoms with Gasteiger partial charge in [-0.1, -0.05) is 0 Å². The van der Waals surface area contributed by atoms with Gasteiger partial charge in [0.2, 0.25) is 0 Å². The van der Waals surface area contributed by atoms with E-state index >= 15 is 0 Å². The van der Waals surface area contributed by atoms with Gasteiger partial charge in [-0.25, -0.2) is 0 Å². The molecule has 0 bridgehead atoms. The molecule has 6 heteroatoms. The van der Waals surface area contributed by atoms with Gasteiger partial charge in [-0.3, -0.25) is 9.69 Å². The summed E-state index contributed by atoms with van der Waals surface area (Å²) >= 11 is 0. The van der Waals surface area contributed by atoms with Gasteiger partial charge in [0, 0.05) is 38.8 Å². The van der Waals surface area contributed by atoms with Gasteiger partial charge in [-0.05, 0) is 32.6 Å². The molecule has 0 saturated carbocycles. The Morgan fingerprint density at radius 2 is 1.95 bits per heavy atom. The zero-order valence-electron chi connectivity index (χ0n) is 13.6. The first-order chi connectivity index (χ1) is 10.7. The number of hydrogen-bond donors (Lipinski definition) is 1. The molecule has 22 heavy (non-hydrogen) atoms. The van der Waals surface area contributed by atoms with E-state index in [4.69, 9.17) is 15.2 Å². The first-order valence-electron chi connectivity index (χ1n) is 8.67. The molecule has 1 amide bonds. The summed E-state index contributed by atoms with van der Waals surface area (Å²) in [7, 11) is 0. The number of piperidine rings is 1.